The zero-order valence-corrected chi connectivity index (χ0v) is 14.8. The van der Waals surface area contributed by atoms with E-state index in [1.54, 1.807) is 0 Å². The molecule has 0 fully saturated rings. The SMILES string of the molecule is CC(C)[C@@H](C=O)NC(=O)CCCCCNC(=O)CNCCCC=O. The Balaban J connectivity index is 3.52. The third kappa shape index (κ3) is 12.8. The van der Waals surface area contributed by atoms with Gasteiger partial charge in [0.05, 0.1) is 12.6 Å². The van der Waals surface area contributed by atoms with Gasteiger partial charge in [-0.2, -0.15) is 0 Å². The molecule has 0 saturated heterocycles. The number of nitrogens with one attached hydrogen (secondary N) is 3. The topological polar surface area (TPSA) is 104 Å². The maximum absolute atomic E-state index is 11.7. The van der Waals surface area contributed by atoms with Gasteiger partial charge in [0, 0.05) is 19.4 Å². The molecule has 0 radical (unpaired) electrons. The average molecular weight is 341 g/mol. The quantitative estimate of drug-likeness (QED) is 0.298. The van der Waals surface area contributed by atoms with Gasteiger partial charge in [0.15, 0.2) is 0 Å². The zero-order chi connectivity index (χ0) is 18.2. The molecule has 7 heteroatoms. The molecule has 138 valence electrons. The summed E-state index contributed by atoms with van der Waals surface area (Å²) < 4.78 is 0. The van der Waals surface area contributed by atoms with Gasteiger partial charge < -0.3 is 25.5 Å². The van der Waals surface area contributed by atoms with Crippen LogP contribution in [0.2, 0.25) is 0 Å². The van der Waals surface area contributed by atoms with Crippen LogP contribution in [0.5, 0.6) is 0 Å². The number of hydrogen-bond donors (Lipinski definition) is 3. The van der Waals surface area contributed by atoms with E-state index in [2.05, 4.69) is 16.0 Å². The molecule has 0 aliphatic carbocycles. The van der Waals surface area contributed by atoms with Crippen molar-refractivity contribution in [2.24, 2.45) is 5.92 Å². The monoisotopic (exact) mass is 341 g/mol. The molecule has 0 heterocycles. The lowest BCUT2D eigenvalue weighted by molar-refractivity contribution is -0.124. The summed E-state index contributed by atoms with van der Waals surface area (Å²) in [5, 5.41) is 8.47. The van der Waals surface area contributed by atoms with Crippen molar-refractivity contribution in [2.75, 3.05) is 19.6 Å². The van der Waals surface area contributed by atoms with Gasteiger partial charge in [-0.05, 0) is 31.7 Å². The number of rotatable bonds is 15. The van der Waals surface area contributed by atoms with Crippen LogP contribution in [0.3, 0.4) is 0 Å². The third-order valence-corrected chi connectivity index (χ3v) is 3.56. The summed E-state index contributed by atoms with van der Waals surface area (Å²) in [5.74, 6) is -0.0809. The lowest BCUT2D eigenvalue weighted by atomic mass is 10.1. The van der Waals surface area contributed by atoms with Gasteiger partial charge in [0.25, 0.3) is 0 Å². The highest BCUT2D eigenvalue weighted by Crippen LogP contribution is 2.02. The molecule has 0 aromatic carbocycles. The fourth-order valence-corrected chi connectivity index (χ4v) is 2.01. The van der Waals surface area contributed by atoms with Crippen LogP contribution in [-0.4, -0.2) is 50.1 Å². The summed E-state index contributed by atoms with van der Waals surface area (Å²) in [7, 11) is 0. The zero-order valence-electron chi connectivity index (χ0n) is 14.8. The number of amides is 2. The minimum Gasteiger partial charge on any atom is -0.355 e. The van der Waals surface area contributed by atoms with E-state index in [4.69, 9.17) is 0 Å². The number of carbonyl (C=O) groups excluding carboxylic acids is 4. The molecular formula is C17H31N3O4. The lowest BCUT2D eigenvalue weighted by Crippen LogP contribution is -2.39. The molecule has 0 bridgehead atoms. The average Bonchev–Trinajstić information content (AvgIpc) is 2.55. The molecule has 0 saturated carbocycles. The van der Waals surface area contributed by atoms with E-state index >= 15 is 0 Å². The summed E-state index contributed by atoms with van der Waals surface area (Å²) >= 11 is 0. The van der Waals surface area contributed by atoms with Gasteiger partial charge in [-0.1, -0.05) is 20.3 Å². The molecule has 24 heavy (non-hydrogen) atoms. The first-order chi connectivity index (χ1) is 11.5. The summed E-state index contributed by atoms with van der Waals surface area (Å²) in [5.41, 5.74) is 0. The largest absolute Gasteiger partial charge is 0.355 e. The van der Waals surface area contributed by atoms with Crippen LogP contribution in [0.25, 0.3) is 0 Å². The second-order valence-corrected chi connectivity index (χ2v) is 6.12. The third-order valence-electron chi connectivity index (χ3n) is 3.56. The highest BCUT2D eigenvalue weighted by molar-refractivity contribution is 5.79. The number of hydrogen-bond acceptors (Lipinski definition) is 5. The van der Waals surface area contributed by atoms with Gasteiger partial charge in [-0.15, -0.1) is 0 Å². The van der Waals surface area contributed by atoms with Crippen molar-refractivity contribution in [3.63, 3.8) is 0 Å². The predicted octanol–water partition coefficient (Wildman–Crippen LogP) is 0.571. The normalized spacial score (nSPS) is 11.8. The second-order valence-electron chi connectivity index (χ2n) is 6.12. The predicted molar refractivity (Wildman–Crippen MR) is 92.5 cm³/mol. The Kier molecular flexibility index (Phi) is 13.7. The summed E-state index contributed by atoms with van der Waals surface area (Å²) in [6, 6.07) is -0.421. The van der Waals surface area contributed by atoms with E-state index < -0.39 is 6.04 Å². The van der Waals surface area contributed by atoms with Crippen LogP contribution < -0.4 is 16.0 Å². The molecular weight excluding hydrogens is 310 g/mol. The maximum Gasteiger partial charge on any atom is 0.233 e. The number of carbonyl (C=O) groups is 4. The highest BCUT2D eigenvalue weighted by atomic mass is 16.2. The van der Waals surface area contributed by atoms with Crippen molar-refractivity contribution in [1.29, 1.82) is 0 Å². The Labute approximate surface area is 144 Å². The molecule has 0 spiro atoms. The highest BCUT2D eigenvalue weighted by Gasteiger charge is 2.14. The van der Waals surface area contributed by atoms with Crippen LogP contribution in [0.15, 0.2) is 0 Å². The standard InChI is InChI=1S/C17H31N3O4/c1-14(2)15(13-22)20-16(23)8-4-3-5-10-19-17(24)12-18-9-6-7-11-21/h11,13-15,18H,3-10,12H2,1-2H3,(H,19,24)(H,20,23)/t15-/m1/s1. The van der Waals surface area contributed by atoms with E-state index in [9.17, 15) is 19.2 Å². The molecule has 1 atom stereocenters. The molecule has 0 rings (SSSR count). The van der Waals surface area contributed by atoms with Gasteiger partial charge in [0.1, 0.15) is 12.6 Å². The Hall–Kier alpha value is -1.76. The van der Waals surface area contributed by atoms with Crippen LogP contribution in [0.1, 0.15) is 52.4 Å². The van der Waals surface area contributed by atoms with Crippen molar-refractivity contribution in [2.45, 2.75) is 58.4 Å². The second kappa shape index (κ2) is 14.8. The Bertz CT molecular complexity index is 386. The van der Waals surface area contributed by atoms with Crippen LogP contribution in [0, 0.1) is 5.92 Å². The van der Waals surface area contributed by atoms with Crippen molar-refractivity contribution < 1.29 is 19.2 Å². The molecule has 0 unspecified atom stereocenters. The summed E-state index contributed by atoms with van der Waals surface area (Å²) in [4.78, 5) is 44.1. The summed E-state index contributed by atoms with van der Waals surface area (Å²) in [6.45, 7) is 5.26. The summed E-state index contributed by atoms with van der Waals surface area (Å²) in [6.07, 6.45) is 5.65. The van der Waals surface area contributed by atoms with Crippen LogP contribution in [-0.2, 0) is 19.2 Å². The smallest absolute Gasteiger partial charge is 0.233 e. The minimum absolute atomic E-state index is 0.0652. The first-order valence-corrected chi connectivity index (χ1v) is 8.67. The lowest BCUT2D eigenvalue weighted by Gasteiger charge is -2.15. The van der Waals surface area contributed by atoms with Gasteiger partial charge in [0.2, 0.25) is 11.8 Å². The molecule has 0 aliphatic heterocycles. The molecule has 0 aromatic rings. The van der Waals surface area contributed by atoms with E-state index in [1.165, 1.54) is 0 Å². The Morgan fingerprint density at radius 1 is 0.958 bits per heavy atom. The van der Waals surface area contributed by atoms with Crippen LogP contribution in [0.4, 0.5) is 0 Å². The number of unbranched alkanes of at least 4 members (excludes halogenated alkanes) is 3. The van der Waals surface area contributed by atoms with Crippen molar-refractivity contribution in [3.8, 4) is 0 Å². The molecule has 7 nitrogen and oxygen atoms in total. The van der Waals surface area contributed by atoms with Gasteiger partial charge in [-0.3, -0.25) is 9.59 Å². The van der Waals surface area contributed by atoms with E-state index in [-0.39, 0.29) is 24.3 Å². The molecule has 0 aliphatic rings. The number of aldehydes is 2. The van der Waals surface area contributed by atoms with Crippen LogP contribution >= 0.6 is 0 Å². The van der Waals surface area contributed by atoms with E-state index in [0.717, 1.165) is 38.3 Å². The van der Waals surface area contributed by atoms with Gasteiger partial charge >= 0.3 is 0 Å². The van der Waals surface area contributed by atoms with Crippen molar-refractivity contribution >= 4 is 24.4 Å². The van der Waals surface area contributed by atoms with E-state index in [1.807, 2.05) is 13.8 Å². The first kappa shape index (κ1) is 22.2. The molecule has 3 N–H and O–H groups in total. The Morgan fingerprint density at radius 2 is 1.71 bits per heavy atom. The first-order valence-electron chi connectivity index (χ1n) is 8.67. The minimum atomic E-state index is -0.421. The van der Waals surface area contributed by atoms with Crippen molar-refractivity contribution in [3.05, 3.63) is 0 Å². The van der Waals surface area contributed by atoms with Gasteiger partial charge in [-0.25, -0.2) is 0 Å². The fourth-order valence-electron chi connectivity index (χ4n) is 2.01. The molecule has 2 amide bonds. The fraction of sp³-hybridized carbons (Fsp3) is 0.765. The maximum atomic E-state index is 11.7. The van der Waals surface area contributed by atoms with E-state index in [0.29, 0.717) is 25.9 Å². The Morgan fingerprint density at radius 3 is 2.33 bits per heavy atom. The molecule has 0 aromatic heterocycles. The van der Waals surface area contributed by atoms with Crippen molar-refractivity contribution in [1.82, 2.24) is 16.0 Å².